The van der Waals surface area contributed by atoms with E-state index in [0.717, 1.165) is 49.4 Å². The highest BCUT2D eigenvalue weighted by Crippen LogP contribution is 2.36. The fourth-order valence-electron chi connectivity index (χ4n) is 4.55. The number of piperidine rings is 1. The van der Waals surface area contributed by atoms with E-state index in [2.05, 4.69) is 34.0 Å². The highest BCUT2D eigenvalue weighted by Gasteiger charge is 2.36. The quantitative estimate of drug-likeness (QED) is 0.787. The van der Waals surface area contributed by atoms with Crippen LogP contribution in [0.1, 0.15) is 49.0 Å². The van der Waals surface area contributed by atoms with Crippen LogP contribution in [0.3, 0.4) is 0 Å². The van der Waals surface area contributed by atoms with Crippen molar-refractivity contribution in [2.24, 2.45) is 11.7 Å². The van der Waals surface area contributed by atoms with Crippen LogP contribution >= 0.6 is 23.7 Å². The van der Waals surface area contributed by atoms with Crippen LogP contribution < -0.4 is 16.0 Å². The molecule has 2 aromatic rings. The summed E-state index contributed by atoms with van der Waals surface area (Å²) >= 11 is 1.73. The highest BCUT2D eigenvalue weighted by atomic mass is 35.5. The molecule has 2 aromatic heterocycles. The van der Waals surface area contributed by atoms with Gasteiger partial charge in [0.25, 0.3) is 0 Å². The molecule has 1 saturated heterocycles. The van der Waals surface area contributed by atoms with E-state index in [0.29, 0.717) is 6.54 Å². The predicted molar refractivity (Wildman–Crippen MR) is 117 cm³/mol. The maximum Gasteiger partial charge on any atom is 0.223 e. The maximum absolute atomic E-state index is 12.8. The fourth-order valence-corrected chi connectivity index (χ4v) is 5.54. The molecule has 3 N–H and O–H groups in total. The van der Waals surface area contributed by atoms with E-state index in [-0.39, 0.29) is 29.8 Å². The highest BCUT2D eigenvalue weighted by molar-refractivity contribution is 7.18. The first-order valence-electron chi connectivity index (χ1n) is 10.0. The predicted octanol–water partition coefficient (Wildman–Crippen LogP) is 3.33. The number of nitrogens with two attached hydrogens (primary N) is 1. The van der Waals surface area contributed by atoms with Gasteiger partial charge in [0.05, 0.1) is 10.9 Å². The lowest BCUT2D eigenvalue weighted by Gasteiger charge is -2.35. The van der Waals surface area contributed by atoms with Crippen LogP contribution in [0.15, 0.2) is 6.33 Å². The molecule has 1 amide bonds. The third kappa shape index (κ3) is 3.84. The summed E-state index contributed by atoms with van der Waals surface area (Å²) in [4.78, 5) is 26.5. The molecule has 1 saturated carbocycles. The van der Waals surface area contributed by atoms with Crippen LogP contribution in [0.4, 0.5) is 5.82 Å². The zero-order valence-electron chi connectivity index (χ0n) is 16.7. The summed E-state index contributed by atoms with van der Waals surface area (Å²) in [6.07, 6.45) is 7.75. The van der Waals surface area contributed by atoms with E-state index < -0.39 is 0 Å². The van der Waals surface area contributed by atoms with Crippen molar-refractivity contribution in [1.82, 2.24) is 15.3 Å². The van der Waals surface area contributed by atoms with Gasteiger partial charge in [0.1, 0.15) is 17.0 Å². The number of aryl methyl sites for hydroxylation is 2. The zero-order chi connectivity index (χ0) is 19.0. The Labute approximate surface area is 176 Å². The Morgan fingerprint density at radius 3 is 2.61 bits per heavy atom. The molecule has 8 heteroatoms. The minimum Gasteiger partial charge on any atom is -0.356 e. The van der Waals surface area contributed by atoms with E-state index >= 15 is 0 Å². The first-order valence-corrected chi connectivity index (χ1v) is 10.8. The number of halogens is 1. The number of nitrogens with zero attached hydrogens (tertiary/aromatic N) is 3. The molecule has 0 spiro atoms. The molecule has 1 aliphatic carbocycles. The molecule has 2 aliphatic rings. The van der Waals surface area contributed by atoms with Crippen LogP contribution in [0, 0.1) is 19.8 Å². The lowest BCUT2D eigenvalue weighted by molar-refractivity contribution is -0.127. The van der Waals surface area contributed by atoms with Gasteiger partial charge in [-0.15, -0.1) is 23.7 Å². The second-order valence-electron chi connectivity index (χ2n) is 8.10. The SMILES string of the molecule is Cc1sc2ncnc(N3CCC(C(=O)NC4(CN)CCCC4)CC3)c2c1C.Cl. The Morgan fingerprint density at radius 2 is 1.96 bits per heavy atom. The molecule has 0 unspecified atom stereocenters. The monoisotopic (exact) mass is 423 g/mol. The summed E-state index contributed by atoms with van der Waals surface area (Å²) in [6, 6.07) is 0. The number of carbonyl (C=O) groups excluding carboxylic acids is 1. The number of fused-ring (bicyclic) bond motifs is 1. The molecule has 28 heavy (non-hydrogen) atoms. The van der Waals surface area contributed by atoms with Crippen LogP contribution in [0.25, 0.3) is 10.2 Å². The number of hydrogen-bond acceptors (Lipinski definition) is 6. The Morgan fingerprint density at radius 1 is 1.29 bits per heavy atom. The normalized spacial score (nSPS) is 19.6. The maximum atomic E-state index is 12.8. The first-order chi connectivity index (χ1) is 13.0. The molecule has 1 aliphatic heterocycles. The molecule has 3 heterocycles. The molecule has 154 valence electrons. The lowest BCUT2D eigenvalue weighted by Crippen LogP contribution is -2.54. The van der Waals surface area contributed by atoms with Gasteiger partial charge in [-0.3, -0.25) is 4.79 Å². The molecular weight excluding hydrogens is 394 g/mol. The summed E-state index contributed by atoms with van der Waals surface area (Å²) in [5.74, 6) is 1.29. The van der Waals surface area contributed by atoms with Crippen LogP contribution in [0.2, 0.25) is 0 Å². The van der Waals surface area contributed by atoms with Gasteiger partial charge >= 0.3 is 0 Å². The van der Waals surface area contributed by atoms with Crippen molar-refractivity contribution >= 4 is 45.7 Å². The standard InChI is InChI=1S/C20H29N5OS.ClH/c1-13-14(2)27-19-16(13)17(22-12-23-19)25-9-5-15(6-10-25)18(26)24-20(11-21)7-3-4-8-20;/h12,15H,3-11,21H2,1-2H3,(H,24,26);1H. The molecule has 6 nitrogen and oxygen atoms in total. The van der Waals surface area contributed by atoms with Crippen molar-refractivity contribution in [1.29, 1.82) is 0 Å². The summed E-state index contributed by atoms with van der Waals surface area (Å²) in [6.45, 7) is 6.54. The molecule has 0 atom stereocenters. The van der Waals surface area contributed by atoms with E-state index in [1.165, 1.54) is 28.7 Å². The van der Waals surface area contributed by atoms with Crippen LogP contribution in [-0.2, 0) is 4.79 Å². The van der Waals surface area contributed by atoms with Gasteiger partial charge in [0.2, 0.25) is 5.91 Å². The van der Waals surface area contributed by atoms with Crippen LogP contribution in [-0.4, -0.2) is 41.0 Å². The minimum atomic E-state index is -0.154. The van der Waals surface area contributed by atoms with Crippen molar-refractivity contribution in [2.45, 2.75) is 57.9 Å². The smallest absolute Gasteiger partial charge is 0.223 e. The van der Waals surface area contributed by atoms with E-state index in [1.54, 1.807) is 17.7 Å². The van der Waals surface area contributed by atoms with Crippen molar-refractivity contribution in [3.05, 3.63) is 16.8 Å². The minimum absolute atomic E-state index is 0. The van der Waals surface area contributed by atoms with Crippen molar-refractivity contribution < 1.29 is 4.79 Å². The Hall–Kier alpha value is -1.44. The number of aromatic nitrogens is 2. The second kappa shape index (κ2) is 8.51. The number of nitrogens with one attached hydrogen (secondary N) is 1. The Bertz CT molecular complexity index is 840. The third-order valence-electron chi connectivity index (χ3n) is 6.45. The molecule has 2 fully saturated rings. The van der Waals surface area contributed by atoms with Gasteiger partial charge in [-0.2, -0.15) is 0 Å². The summed E-state index contributed by atoms with van der Waals surface area (Å²) in [5.41, 5.74) is 7.10. The van der Waals surface area contributed by atoms with Gasteiger partial charge in [0.15, 0.2) is 0 Å². The zero-order valence-corrected chi connectivity index (χ0v) is 18.3. The third-order valence-corrected chi connectivity index (χ3v) is 7.57. The summed E-state index contributed by atoms with van der Waals surface area (Å²) in [5, 5.41) is 4.48. The van der Waals surface area contributed by atoms with Gasteiger partial charge in [-0.05, 0) is 45.1 Å². The molecule has 0 radical (unpaired) electrons. The van der Waals surface area contributed by atoms with Crippen molar-refractivity contribution in [3.8, 4) is 0 Å². The molecule has 4 rings (SSSR count). The van der Waals surface area contributed by atoms with Gasteiger partial charge in [-0.25, -0.2) is 9.97 Å². The topological polar surface area (TPSA) is 84.1 Å². The number of hydrogen-bond donors (Lipinski definition) is 2. The van der Waals surface area contributed by atoms with Gasteiger partial charge < -0.3 is 16.0 Å². The molecular formula is C20H30ClN5OS. The van der Waals surface area contributed by atoms with E-state index in [1.807, 2.05) is 0 Å². The van der Waals surface area contributed by atoms with E-state index in [9.17, 15) is 4.79 Å². The molecule has 0 aromatic carbocycles. The largest absolute Gasteiger partial charge is 0.356 e. The second-order valence-corrected chi connectivity index (χ2v) is 9.31. The fraction of sp³-hybridized carbons (Fsp3) is 0.650. The number of anilines is 1. The average molecular weight is 424 g/mol. The van der Waals surface area contributed by atoms with Crippen LogP contribution in [0.5, 0.6) is 0 Å². The average Bonchev–Trinajstić information content (AvgIpc) is 3.27. The number of rotatable bonds is 4. The van der Waals surface area contributed by atoms with E-state index in [4.69, 9.17) is 5.73 Å². The Balaban J connectivity index is 0.00000225. The molecule has 0 bridgehead atoms. The lowest BCUT2D eigenvalue weighted by atomic mass is 9.92. The van der Waals surface area contributed by atoms with Crippen molar-refractivity contribution in [2.75, 3.05) is 24.5 Å². The summed E-state index contributed by atoms with van der Waals surface area (Å²) in [7, 11) is 0. The van der Waals surface area contributed by atoms with Gasteiger partial charge in [0, 0.05) is 30.4 Å². The number of amides is 1. The Kier molecular flexibility index (Phi) is 6.47. The van der Waals surface area contributed by atoms with Crippen molar-refractivity contribution in [3.63, 3.8) is 0 Å². The number of carbonyl (C=O) groups is 1. The van der Waals surface area contributed by atoms with Gasteiger partial charge in [-0.1, -0.05) is 12.8 Å². The summed E-state index contributed by atoms with van der Waals surface area (Å²) < 4.78 is 0. The first kappa shape index (κ1) is 21.3. The number of thiophene rings is 1.